The Labute approximate surface area is 188 Å². The number of carbonyl (C=O) groups excluding carboxylic acids is 1. The molecule has 31 heavy (non-hydrogen) atoms. The Balaban J connectivity index is 1.52. The lowest BCUT2D eigenvalue weighted by Crippen LogP contribution is -2.50. The molecule has 1 aliphatic heterocycles. The average Bonchev–Trinajstić information content (AvgIpc) is 2.71. The molecule has 0 spiro atoms. The standard InChI is InChI=1S/C19H19Cl2F2N3O4S/c20-13-1-6-16(21)17(11-13)31(28,29)26-9-7-25(8-10-26)12-18(27)24-14-2-4-15(5-3-14)30-19(22)23/h1-6,11,19H,7-10,12H2,(H,24,27). The van der Waals surface area contributed by atoms with Crippen LogP contribution >= 0.6 is 23.2 Å². The van der Waals surface area contributed by atoms with Crippen molar-refractivity contribution in [2.24, 2.45) is 0 Å². The molecule has 3 rings (SSSR count). The summed E-state index contributed by atoms with van der Waals surface area (Å²) in [6.07, 6.45) is 0. The maximum Gasteiger partial charge on any atom is 0.387 e. The van der Waals surface area contributed by atoms with Gasteiger partial charge in [0.15, 0.2) is 0 Å². The number of halogens is 4. The molecule has 0 saturated carbocycles. The van der Waals surface area contributed by atoms with Crippen molar-refractivity contribution in [3.63, 3.8) is 0 Å². The average molecular weight is 494 g/mol. The lowest BCUT2D eigenvalue weighted by Gasteiger charge is -2.33. The summed E-state index contributed by atoms with van der Waals surface area (Å²) in [5, 5.41) is 3.03. The van der Waals surface area contributed by atoms with Crippen LogP contribution in [0.1, 0.15) is 0 Å². The molecule has 0 bridgehead atoms. The van der Waals surface area contributed by atoms with Crippen LogP contribution in [-0.2, 0) is 14.8 Å². The summed E-state index contributed by atoms with van der Waals surface area (Å²) < 4.78 is 55.6. The first-order valence-corrected chi connectivity index (χ1v) is 11.4. The molecule has 1 fully saturated rings. The number of hydrogen-bond acceptors (Lipinski definition) is 5. The van der Waals surface area contributed by atoms with Crippen molar-refractivity contribution in [3.05, 3.63) is 52.5 Å². The van der Waals surface area contributed by atoms with Gasteiger partial charge in [0.1, 0.15) is 10.6 Å². The number of hydrogen-bond donors (Lipinski definition) is 1. The molecule has 1 aliphatic rings. The van der Waals surface area contributed by atoms with E-state index in [2.05, 4.69) is 10.1 Å². The predicted octanol–water partition coefficient (Wildman–Crippen LogP) is 3.54. The number of piperazine rings is 1. The highest BCUT2D eigenvalue weighted by atomic mass is 35.5. The molecular weight excluding hydrogens is 475 g/mol. The number of anilines is 1. The van der Waals surface area contributed by atoms with Crippen LogP contribution in [-0.4, -0.2) is 62.9 Å². The minimum atomic E-state index is -3.80. The summed E-state index contributed by atoms with van der Waals surface area (Å²) in [4.78, 5) is 14.0. The minimum absolute atomic E-state index is 0.00913. The maximum absolute atomic E-state index is 12.9. The SMILES string of the molecule is O=C(CN1CCN(S(=O)(=O)c2cc(Cl)ccc2Cl)CC1)Nc1ccc(OC(F)F)cc1. The van der Waals surface area contributed by atoms with Crippen LogP contribution < -0.4 is 10.1 Å². The van der Waals surface area contributed by atoms with E-state index >= 15 is 0 Å². The van der Waals surface area contributed by atoms with Crippen molar-refractivity contribution < 1.29 is 26.7 Å². The van der Waals surface area contributed by atoms with E-state index in [-0.39, 0.29) is 46.2 Å². The van der Waals surface area contributed by atoms with Crippen LogP contribution in [0.25, 0.3) is 0 Å². The molecule has 2 aromatic carbocycles. The fourth-order valence-electron chi connectivity index (χ4n) is 3.07. The van der Waals surface area contributed by atoms with Crippen molar-refractivity contribution in [1.29, 1.82) is 0 Å². The number of amides is 1. The minimum Gasteiger partial charge on any atom is -0.435 e. The number of carbonyl (C=O) groups is 1. The Morgan fingerprint density at radius 1 is 1.06 bits per heavy atom. The molecule has 1 saturated heterocycles. The van der Waals surface area contributed by atoms with Gasteiger partial charge in [-0.3, -0.25) is 9.69 Å². The lowest BCUT2D eigenvalue weighted by atomic mass is 10.3. The van der Waals surface area contributed by atoms with E-state index in [1.165, 1.54) is 46.8 Å². The molecule has 2 aromatic rings. The highest BCUT2D eigenvalue weighted by Crippen LogP contribution is 2.28. The Kier molecular flexibility index (Phi) is 7.71. The molecular formula is C19H19Cl2F2N3O4S. The zero-order valence-corrected chi connectivity index (χ0v) is 18.4. The molecule has 0 unspecified atom stereocenters. The van der Waals surface area contributed by atoms with Gasteiger partial charge >= 0.3 is 6.61 Å². The van der Waals surface area contributed by atoms with Gasteiger partial charge in [-0.15, -0.1) is 0 Å². The van der Waals surface area contributed by atoms with Crippen LogP contribution in [0.5, 0.6) is 5.75 Å². The normalized spacial score (nSPS) is 15.8. The molecule has 168 valence electrons. The van der Waals surface area contributed by atoms with Gasteiger partial charge in [0, 0.05) is 36.9 Å². The van der Waals surface area contributed by atoms with E-state index in [1.54, 1.807) is 0 Å². The first kappa shape index (κ1) is 23.7. The zero-order valence-electron chi connectivity index (χ0n) is 16.1. The van der Waals surface area contributed by atoms with E-state index in [0.717, 1.165) is 0 Å². The van der Waals surface area contributed by atoms with Gasteiger partial charge in [-0.25, -0.2) is 8.42 Å². The number of ether oxygens (including phenoxy) is 1. The Morgan fingerprint density at radius 2 is 1.71 bits per heavy atom. The molecule has 7 nitrogen and oxygen atoms in total. The third-order valence-electron chi connectivity index (χ3n) is 4.57. The molecule has 1 N–H and O–H groups in total. The van der Waals surface area contributed by atoms with Gasteiger partial charge in [0.05, 0.1) is 11.6 Å². The largest absolute Gasteiger partial charge is 0.435 e. The van der Waals surface area contributed by atoms with Gasteiger partial charge in [-0.2, -0.15) is 13.1 Å². The zero-order chi connectivity index (χ0) is 22.6. The number of benzene rings is 2. The number of alkyl halides is 2. The van der Waals surface area contributed by atoms with E-state index in [1.807, 2.05) is 4.90 Å². The Hall–Kier alpha value is -1.98. The van der Waals surface area contributed by atoms with Gasteiger partial charge in [0.25, 0.3) is 0 Å². The van der Waals surface area contributed by atoms with Gasteiger partial charge in [0.2, 0.25) is 15.9 Å². The second-order valence-electron chi connectivity index (χ2n) is 6.71. The van der Waals surface area contributed by atoms with Gasteiger partial charge < -0.3 is 10.1 Å². The summed E-state index contributed by atoms with van der Waals surface area (Å²) in [5.41, 5.74) is 0.434. The molecule has 1 amide bonds. The quantitative estimate of drug-likeness (QED) is 0.637. The number of nitrogens with zero attached hydrogens (tertiary/aromatic N) is 2. The Morgan fingerprint density at radius 3 is 2.32 bits per heavy atom. The van der Waals surface area contributed by atoms with E-state index in [0.29, 0.717) is 18.8 Å². The topological polar surface area (TPSA) is 79.0 Å². The third kappa shape index (κ3) is 6.27. The number of sulfonamides is 1. The van der Waals surface area contributed by atoms with Crippen molar-refractivity contribution in [1.82, 2.24) is 9.21 Å². The second-order valence-corrected chi connectivity index (χ2v) is 9.46. The lowest BCUT2D eigenvalue weighted by molar-refractivity contribution is -0.117. The van der Waals surface area contributed by atoms with Crippen LogP contribution in [0.15, 0.2) is 47.4 Å². The van der Waals surface area contributed by atoms with Crippen molar-refractivity contribution >= 4 is 44.8 Å². The van der Waals surface area contributed by atoms with Crippen LogP contribution in [0, 0.1) is 0 Å². The highest BCUT2D eigenvalue weighted by molar-refractivity contribution is 7.89. The molecule has 0 aromatic heterocycles. The van der Waals surface area contributed by atoms with Crippen LogP contribution in [0.3, 0.4) is 0 Å². The number of nitrogens with one attached hydrogen (secondary N) is 1. The summed E-state index contributed by atoms with van der Waals surface area (Å²) in [6.45, 7) is -1.77. The first-order chi connectivity index (χ1) is 14.6. The summed E-state index contributed by atoms with van der Waals surface area (Å²) in [7, 11) is -3.80. The summed E-state index contributed by atoms with van der Waals surface area (Å²) in [6, 6.07) is 9.82. The molecule has 0 atom stereocenters. The monoisotopic (exact) mass is 493 g/mol. The van der Waals surface area contributed by atoms with Crippen molar-refractivity contribution in [2.75, 3.05) is 38.0 Å². The summed E-state index contributed by atoms with van der Waals surface area (Å²) in [5.74, 6) is -0.318. The fraction of sp³-hybridized carbons (Fsp3) is 0.316. The maximum atomic E-state index is 12.9. The summed E-state index contributed by atoms with van der Waals surface area (Å²) >= 11 is 11.9. The predicted molar refractivity (Wildman–Crippen MR) is 113 cm³/mol. The van der Waals surface area contributed by atoms with E-state index in [9.17, 15) is 22.0 Å². The Bertz CT molecular complexity index is 1030. The highest BCUT2D eigenvalue weighted by Gasteiger charge is 2.30. The van der Waals surface area contributed by atoms with Crippen molar-refractivity contribution in [3.8, 4) is 5.75 Å². The fourth-order valence-corrected chi connectivity index (χ4v) is 5.22. The first-order valence-electron chi connectivity index (χ1n) is 9.17. The smallest absolute Gasteiger partial charge is 0.387 e. The van der Waals surface area contributed by atoms with E-state index < -0.39 is 16.6 Å². The molecule has 0 radical (unpaired) electrons. The third-order valence-corrected chi connectivity index (χ3v) is 7.19. The second kappa shape index (κ2) is 10.1. The van der Waals surface area contributed by atoms with Crippen LogP contribution in [0.2, 0.25) is 10.0 Å². The van der Waals surface area contributed by atoms with Crippen molar-refractivity contribution in [2.45, 2.75) is 11.5 Å². The van der Waals surface area contributed by atoms with E-state index in [4.69, 9.17) is 23.2 Å². The molecule has 12 heteroatoms. The van der Waals surface area contributed by atoms with Crippen LogP contribution in [0.4, 0.5) is 14.5 Å². The van der Waals surface area contributed by atoms with Gasteiger partial charge in [-0.05, 0) is 42.5 Å². The number of rotatable bonds is 7. The van der Waals surface area contributed by atoms with Gasteiger partial charge in [-0.1, -0.05) is 23.2 Å². The molecule has 1 heterocycles. The molecule has 0 aliphatic carbocycles.